The first-order valence-electron chi connectivity index (χ1n) is 12.6. The van der Waals surface area contributed by atoms with E-state index in [2.05, 4.69) is 6.92 Å². The molecule has 2 atom stereocenters. The number of unbranched alkanes of at least 4 members (excludes halogenated alkanes) is 16. The maximum absolute atomic E-state index is 11.3. The van der Waals surface area contributed by atoms with E-state index < -0.39 is 21.5 Å². The van der Waals surface area contributed by atoms with E-state index in [0.717, 1.165) is 25.7 Å². The monoisotopic (exact) mass is 456 g/mol. The Bertz CT molecular complexity index is 442. The molecule has 0 aromatic heterocycles. The van der Waals surface area contributed by atoms with Gasteiger partial charge in [-0.3, -0.25) is 0 Å². The van der Waals surface area contributed by atoms with Crippen LogP contribution in [0, 0.1) is 0 Å². The third-order valence-corrected chi connectivity index (χ3v) is 7.29. The van der Waals surface area contributed by atoms with Gasteiger partial charge in [-0.2, -0.15) is 0 Å². The molecule has 30 heavy (non-hydrogen) atoms. The molecule has 6 heteroatoms. The molecule has 4 nitrogen and oxygen atoms in total. The summed E-state index contributed by atoms with van der Waals surface area (Å²) < 4.78 is 34.0. The average molecular weight is 457 g/mol. The Morgan fingerprint density at radius 3 is 1.27 bits per heavy atom. The maximum Gasteiger partial charge on any atom is 1.00 e. The van der Waals surface area contributed by atoms with Gasteiger partial charge >= 0.3 is 29.6 Å². The standard InChI is InChI=1S/C24H50O4S.Na/c1-3-5-7-8-9-10-11-12-13-14-15-16-17-18-19-20-21-23(25)24(22-6-4-2)29(26,27)28;/h23-25H,3-22H2,1-2H3,(H,26,27,28);/q;+1/p-1. The van der Waals surface area contributed by atoms with Crippen molar-refractivity contribution in [3.8, 4) is 0 Å². The molecule has 0 rings (SSSR count). The molecule has 0 bridgehead atoms. The van der Waals surface area contributed by atoms with Gasteiger partial charge in [0.25, 0.3) is 0 Å². The molecule has 0 amide bonds. The van der Waals surface area contributed by atoms with Gasteiger partial charge in [0.2, 0.25) is 0 Å². The van der Waals surface area contributed by atoms with Crippen LogP contribution in [-0.2, 0) is 10.1 Å². The van der Waals surface area contributed by atoms with E-state index in [1.54, 1.807) is 0 Å². The summed E-state index contributed by atoms with van der Waals surface area (Å²) in [5.41, 5.74) is 0. The predicted octanol–water partition coefficient (Wildman–Crippen LogP) is 4.11. The summed E-state index contributed by atoms with van der Waals surface area (Å²) in [4.78, 5) is 0. The Morgan fingerprint density at radius 1 is 0.600 bits per heavy atom. The molecule has 0 saturated carbocycles. The van der Waals surface area contributed by atoms with Crippen molar-refractivity contribution in [1.29, 1.82) is 0 Å². The van der Waals surface area contributed by atoms with E-state index in [1.807, 2.05) is 6.92 Å². The first kappa shape index (κ1) is 33.0. The van der Waals surface area contributed by atoms with Crippen LogP contribution in [0.2, 0.25) is 0 Å². The molecular formula is C24H49NaO4S. The van der Waals surface area contributed by atoms with Gasteiger partial charge in [-0.25, -0.2) is 8.42 Å². The van der Waals surface area contributed by atoms with Gasteiger partial charge < -0.3 is 9.66 Å². The second kappa shape index (κ2) is 23.0. The predicted molar refractivity (Wildman–Crippen MR) is 123 cm³/mol. The van der Waals surface area contributed by atoms with Crippen molar-refractivity contribution < 1.29 is 47.6 Å². The molecule has 0 fully saturated rings. The van der Waals surface area contributed by atoms with Crippen molar-refractivity contribution in [2.75, 3.05) is 0 Å². The third-order valence-electron chi connectivity index (χ3n) is 6.00. The first-order chi connectivity index (χ1) is 13.9. The number of aliphatic hydroxyl groups excluding tert-OH is 1. The Labute approximate surface area is 210 Å². The average Bonchev–Trinajstić information content (AvgIpc) is 2.67. The molecule has 0 saturated heterocycles. The van der Waals surface area contributed by atoms with Crippen LogP contribution in [0.1, 0.15) is 142 Å². The molecule has 0 radical (unpaired) electrons. The molecule has 0 aliphatic rings. The number of rotatable bonds is 22. The summed E-state index contributed by atoms with van der Waals surface area (Å²) in [5.74, 6) is 0. The quantitative estimate of drug-likeness (QED) is 0.151. The van der Waals surface area contributed by atoms with Crippen LogP contribution in [0.5, 0.6) is 0 Å². The molecule has 0 spiro atoms. The fraction of sp³-hybridized carbons (Fsp3) is 1.00. The van der Waals surface area contributed by atoms with Crippen molar-refractivity contribution in [1.82, 2.24) is 0 Å². The van der Waals surface area contributed by atoms with Gasteiger partial charge in [0, 0.05) is 0 Å². The zero-order chi connectivity index (χ0) is 21.8. The molecule has 2 unspecified atom stereocenters. The first-order valence-corrected chi connectivity index (χ1v) is 14.0. The Balaban J connectivity index is 0. The topological polar surface area (TPSA) is 77.4 Å². The minimum atomic E-state index is -4.41. The van der Waals surface area contributed by atoms with E-state index in [9.17, 15) is 18.1 Å². The number of aliphatic hydroxyl groups is 1. The second-order valence-electron chi connectivity index (χ2n) is 8.83. The van der Waals surface area contributed by atoms with Crippen LogP contribution in [0.3, 0.4) is 0 Å². The van der Waals surface area contributed by atoms with E-state index >= 15 is 0 Å². The van der Waals surface area contributed by atoms with Crippen LogP contribution in [0.15, 0.2) is 0 Å². The zero-order valence-electron chi connectivity index (χ0n) is 20.4. The molecule has 0 aromatic carbocycles. The fourth-order valence-electron chi connectivity index (χ4n) is 4.02. The maximum atomic E-state index is 11.3. The van der Waals surface area contributed by atoms with E-state index in [-0.39, 0.29) is 36.0 Å². The molecule has 0 aliphatic heterocycles. The van der Waals surface area contributed by atoms with Crippen molar-refractivity contribution in [3.05, 3.63) is 0 Å². The SMILES string of the molecule is CCCCCCCCCCCCCCCCCCC(O)C(CCCC)S(=O)(=O)[O-].[Na+]. The summed E-state index contributed by atoms with van der Waals surface area (Å²) in [6.45, 7) is 4.22. The minimum Gasteiger partial charge on any atom is -0.748 e. The minimum absolute atomic E-state index is 0. The molecule has 1 N–H and O–H groups in total. The van der Waals surface area contributed by atoms with Crippen molar-refractivity contribution in [2.24, 2.45) is 0 Å². The summed E-state index contributed by atoms with van der Waals surface area (Å²) in [6, 6.07) is 0. The summed E-state index contributed by atoms with van der Waals surface area (Å²) in [5, 5.41) is 8.98. The fourth-order valence-corrected chi connectivity index (χ4v) is 5.00. The van der Waals surface area contributed by atoms with Gasteiger partial charge in [0.15, 0.2) is 0 Å². The normalized spacial score (nSPS) is 13.7. The van der Waals surface area contributed by atoms with Crippen molar-refractivity contribution >= 4 is 10.1 Å². The molecule has 0 heterocycles. The molecule has 0 aromatic rings. The number of hydrogen-bond acceptors (Lipinski definition) is 4. The Hall–Kier alpha value is 0.870. The number of hydrogen-bond donors (Lipinski definition) is 1. The molecule has 176 valence electrons. The van der Waals surface area contributed by atoms with Crippen molar-refractivity contribution in [2.45, 2.75) is 154 Å². The summed E-state index contributed by atoms with van der Waals surface area (Å²) in [7, 11) is -4.41. The van der Waals surface area contributed by atoms with Crippen LogP contribution in [0.25, 0.3) is 0 Å². The van der Waals surface area contributed by atoms with Crippen LogP contribution in [0.4, 0.5) is 0 Å². The van der Waals surface area contributed by atoms with Gasteiger partial charge in [-0.15, -0.1) is 0 Å². The van der Waals surface area contributed by atoms with Crippen LogP contribution < -0.4 is 29.6 Å². The Kier molecular flexibility index (Phi) is 25.4. The van der Waals surface area contributed by atoms with Gasteiger partial charge in [-0.1, -0.05) is 129 Å². The largest absolute Gasteiger partial charge is 1.00 e. The smallest absolute Gasteiger partial charge is 0.748 e. The van der Waals surface area contributed by atoms with Gasteiger partial charge in [-0.05, 0) is 12.8 Å². The van der Waals surface area contributed by atoms with Gasteiger partial charge in [0.05, 0.1) is 11.4 Å². The zero-order valence-corrected chi connectivity index (χ0v) is 23.2. The van der Waals surface area contributed by atoms with Gasteiger partial charge in [0.1, 0.15) is 10.1 Å². The summed E-state index contributed by atoms with van der Waals surface area (Å²) in [6.07, 6.45) is 21.8. The third kappa shape index (κ3) is 20.8. The van der Waals surface area contributed by atoms with E-state index in [4.69, 9.17) is 0 Å². The van der Waals surface area contributed by atoms with Crippen molar-refractivity contribution in [3.63, 3.8) is 0 Å². The van der Waals surface area contributed by atoms with E-state index in [0.29, 0.717) is 12.8 Å². The van der Waals surface area contributed by atoms with E-state index in [1.165, 1.54) is 83.5 Å². The molecule has 0 aliphatic carbocycles. The molecular weight excluding hydrogens is 407 g/mol. The summed E-state index contributed by atoms with van der Waals surface area (Å²) >= 11 is 0. The van der Waals surface area contributed by atoms with Crippen LogP contribution in [-0.4, -0.2) is 29.4 Å². The second-order valence-corrected chi connectivity index (χ2v) is 10.4. The van der Waals surface area contributed by atoms with Crippen LogP contribution >= 0.6 is 0 Å². The Morgan fingerprint density at radius 2 is 0.933 bits per heavy atom.